The van der Waals surface area contributed by atoms with E-state index in [4.69, 9.17) is 0 Å². The van der Waals surface area contributed by atoms with E-state index in [0.29, 0.717) is 5.91 Å². The summed E-state index contributed by atoms with van der Waals surface area (Å²) in [6, 6.07) is 0. The van der Waals surface area contributed by atoms with Crippen LogP contribution in [0.2, 0.25) is 0 Å². The second kappa shape index (κ2) is 4.07. The molecule has 92 valence electrons. The number of β-lactam (4-membered cyclic amide) rings is 1. The molecule has 2 aliphatic rings. The Kier molecular flexibility index (Phi) is 2.67. The quantitative estimate of drug-likeness (QED) is 0.741. The highest BCUT2D eigenvalue weighted by atomic mass is 32.1. The van der Waals surface area contributed by atoms with Gasteiger partial charge >= 0.3 is 0 Å². The monoisotopic (exact) mass is 251 g/mol. The Morgan fingerprint density at radius 3 is 2.76 bits per heavy atom. The predicted molar refractivity (Wildman–Crippen MR) is 66.7 cm³/mol. The molecule has 5 heteroatoms. The van der Waals surface area contributed by atoms with Gasteiger partial charge in [0.2, 0.25) is 5.91 Å². The average molecular weight is 251 g/mol. The molecule has 17 heavy (non-hydrogen) atoms. The number of likely N-dealkylation sites (tertiary alicyclic amines) is 2. The van der Waals surface area contributed by atoms with E-state index in [1.807, 2.05) is 23.5 Å². The highest BCUT2D eigenvalue weighted by Crippen LogP contribution is 2.41. The van der Waals surface area contributed by atoms with Crippen LogP contribution in [-0.2, 0) is 11.3 Å². The minimum absolute atomic E-state index is 0.00583. The van der Waals surface area contributed by atoms with Crippen molar-refractivity contribution in [1.29, 1.82) is 0 Å². The highest BCUT2D eigenvalue weighted by molar-refractivity contribution is 7.09. The van der Waals surface area contributed by atoms with Crippen molar-refractivity contribution < 1.29 is 4.79 Å². The van der Waals surface area contributed by atoms with E-state index < -0.39 is 0 Å². The number of hydrogen-bond donors (Lipinski definition) is 0. The first-order chi connectivity index (χ1) is 8.20. The molecule has 0 atom stereocenters. The number of piperidine rings is 1. The van der Waals surface area contributed by atoms with Gasteiger partial charge in [0.05, 0.1) is 12.0 Å². The lowest BCUT2D eigenvalue weighted by molar-refractivity contribution is -0.162. The maximum Gasteiger partial charge on any atom is 0.230 e. The Labute approximate surface area is 105 Å². The van der Waals surface area contributed by atoms with Crippen LogP contribution in [0, 0.1) is 5.41 Å². The van der Waals surface area contributed by atoms with Gasteiger partial charge in [0.25, 0.3) is 0 Å². The van der Waals surface area contributed by atoms with E-state index >= 15 is 0 Å². The molecule has 2 aliphatic heterocycles. The summed E-state index contributed by atoms with van der Waals surface area (Å²) in [5, 5.41) is 3.20. The molecule has 0 aliphatic carbocycles. The molecule has 2 saturated heterocycles. The number of amides is 1. The molecule has 0 saturated carbocycles. The van der Waals surface area contributed by atoms with Gasteiger partial charge in [0, 0.05) is 25.2 Å². The summed E-state index contributed by atoms with van der Waals surface area (Å²) in [7, 11) is 1.90. The van der Waals surface area contributed by atoms with Gasteiger partial charge < -0.3 is 4.90 Å². The van der Waals surface area contributed by atoms with Crippen LogP contribution in [0.3, 0.4) is 0 Å². The second-order valence-corrected chi connectivity index (χ2v) is 6.12. The third-order valence-electron chi connectivity index (χ3n) is 4.00. The van der Waals surface area contributed by atoms with E-state index in [2.05, 4.69) is 9.88 Å². The molecular formula is C12H17N3OS. The molecule has 0 bridgehead atoms. The molecule has 0 N–H and O–H groups in total. The van der Waals surface area contributed by atoms with E-state index in [1.54, 1.807) is 11.3 Å². The molecular weight excluding hydrogens is 234 g/mol. The summed E-state index contributed by atoms with van der Waals surface area (Å²) in [6.45, 7) is 3.95. The van der Waals surface area contributed by atoms with Gasteiger partial charge in [-0.2, -0.15) is 0 Å². The predicted octanol–water partition coefficient (Wildman–Crippen LogP) is 1.20. The van der Waals surface area contributed by atoms with Crippen molar-refractivity contribution in [2.45, 2.75) is 19.4 Å². The van der Waals surface area contributed by atoms with Crippen molar-refractivity contribution >= 4 is 17.2 Å². The Balaban J connectivity index is 1.56. The maximum absolute atomic E-state index is 11.9. The first-order valence-electron chi connectivity index (χ1n) is 6.06. The van der Waals surface area contributed by atoms with E-state index in [1.165, 1.54) is 5.01 Å². The standard InChI is InChI=1S/C12H17N3OS/c1-14-9-12(11(14)16)2-5-15(6-3-12)8-10-13-4-7-17-10/h4,7H,2-3,5-6,8-9H2,1H3. The minimum Gasteiger partial charge on any atom is -0.344 e. The van der Waals surface area contributed by atoms with Crippen molar-refractivity contribution in [3.63, 3.8) is 0 Å². The Hall–Kier alpha value is -0.940. The van der Waals surface area contributed by atoms with Gasteiger partial charge in [0.15, 0.2) is 0 Å². The van der Waals surface area contributed by atoms with Crippen molar-refractivity contribution in [2.75, 3.05) is 26.7 Å². The number of carbonyl (C=O) groups excluding carboxylic acids is 1. The van der Waals surface area contributed by atoms with Gasteiger partial charge in [-0.1, -0.05) is 0 Å². The molecule has 0 unspecified atom stereocenters. The van der Waals surface area contributed by atoms with Crippen molar-refractivity contribution in [1.82, 2.24) is 14.8 Å². The van der Waals surface area contributed by atoms with Gasteiger partial charge in [-0.25, -0.2) is 4.98 Å². The lowest BCUT2D eigenvalue weighted by Gasteiger charge is -2.51. The van der Waals surface area contributed by atoms with Crippen LogP contribution in [0.15, 0.2) is 11.6 Å². The number of thiazole rings is 1. The van der Waals surface area contributed by atoms with Crippen molar-refractivity contribution in [3.8, 4) is 0 Å². The van der Waals surface area contributed by atoms with E-state index in [0.717, 1.165) is 39.0 Å². The maximum atomic E-state index is 11.9. The fourth-order valence-electron chi connectivity index (χ4n) is 2.94. The van der Waals surface area contributed by atoms with Gasteiger partial charge in [-0.15, -0.1) is 11.3 Å². The van der Waals surface area contributed by atoms with Crippen LogP contribution < -0.4 is 0 Å². The van der Waals surface area contributed by atoms with Crippen molar-refractivity contribution in [2.24, 2.45) is 5.41 Å². The van der Waals surface area contributed by atoms with Crippen LogP contribution >= 0.6 is 11.3 Å². The van der Waals surface area contributed by atoms with Crippen LogP contribution in [0.1, 0.15) is 17.8 Å². The van der Waals surface area contributed by atoms with Crippen LogP contribution in [0.25, 0.3) is 0 Å². The first kappa shape index (κ1) is 11.2. The summed E-state index contributed by atoms with van der Waals surface area (Å²) < 4.78 is 0. The minimum atomic E-state index is -0.00583. The average Bonchev–Trinajstić information content (AvgIpc) is 2.84. The number of carbonyl (C=O) groups is 1. The lowest BCUT2D eigenvalue weighted by atomic mass is 9.71. The summed E-state index contributed by atoms with van der Waals surface area (Å²) in [4.78, 5) is 20.4. The van der Waals surface area contributed by atoms with Gasteiger partial charge in [0.1, 0.15) is 5.01 Å². The molecule has 0 aromatic carbocycles. The highest BCUT2D eigenvalue weighted by Gasteiger charge is 2.51. The van der Waals surface area contributed by atoms with Gasteiger partial charge in [-0.05, 0) is 25.9 Å². The zero-order valence-corrected chi connectivity index (χ0v) is 10.9. The fourth-order valence-corrected chi connectivity index (χ4v) is 3.60. The second-order valence-electron chi connectivity index (χ2n) is 5.14. The smallest absolute Gasteiger partial charge is 0.230 e. The molecule has 3 rings (SSSR count). The summed E-state index contributed by atoms with van der Waals surface area (Å²) in [6.07, 6.45) is 3.89. The van der Waals surface area contributed by atoms with Crippen LogP contribution in [0.5, 0.6) is 0 Å². The molecule has 3 heterocycles. The van der Waals surface area contributed by atoms with Crippen LogP contribution in [-0.4, -0.2) is 47.4 Å². The van der Waals surface area contributed by atoms with Gasteiger partial charge in [-0.3, -0.25) is 9.69 Å². The Morgan fingerprint density at radius 1 is 1.47 bits per heavy atom. The molecule has 1 aromatic rings. The summed E-state index contributed by atoms with van der Waals surface area (Å²) in [5.41, 5.74) is -0.00583. The SMILES string of the molecule is CN1CC2(CCN(Cc3nccs3)CC2)C1=O. The summed E-state index contributed by atoms with van der Waals surface area (Å²) >= 11 is 1.71. The first-order valence-corrected chi connectivity index (χ1v) is 6.94. The lowest BCUT2D eigenvalue weighted by Crippen LogP contribution is -2.63. The Bertz CT molecular complexity index is 409. The fraction of sp³-hybridized carbons (Fsp3) is 0.667. The largest absolute Gasteiger partial charge is 0.344 e. The molecule has 0 radical (unpaired) electrons. The molecule has 1 spiro atoms. The number of rotatable bonds is 2. The normalized spacial score (nSPS) is 24.1. The number of hydrogen-bond acceptors (Lipinski definition) is 4. The number of aromatic nitrogens is 1. The molecule has 2 fully saturated rings. The third kappa shape index (κ3) is 1.87. The molecule has 1 amide bonds. The molecule has 1 aromatic heterocycles. The zero-order valence-electron chi connectivity index (χ0n) is 10.1. The van der Waals surface area contributed by atoms with Crippen molar-refractivity contribution in [3.05, 3.63) is 16.6 Å². The number of nitrogens with zero attached hydrogens (tertiary/aromatic N) is 3. The van der Waals surface area contributed by atoms with Crippen LogP contribution in [0.4, 0.5) is 0 Å². The van der Waals surface area contributed by atoms with E-state index in [-0.39, 0.29) is 5.41 Å². The Morgan fingerprint density at radius 2 is 2.24 bits per heavy atom. The summed E-state index contributed by atoms with van der Waals surface area (Å²) in [5.74, 6) is 0.353. The third-order valence-corrected chi connectivity index (χ3v) is 4.76. The topological polar surface area (TPSA) is 36.4 Å². The zero-order chi connectivity index (χ0) is 11.9. The molecule has 4 nitrogen and oxygen atoms in total. The van der Waals surface area contributed by atoms with E-state index in [9.17, 15) is 4.79 Å².